The zero-order chi connectivity index (χ0) is 17.1. The average Bonchev–Trinajstić information content (AvgIpc) is 3.02. The van der Waals surface area contributed by atoms with E-state index in [0.29, 0.717) is 12.3 Å². The lowest BCUT2D eigenvalue weighted by molar-refractivity contribution is 0.0813. The molecule has 3 rings (SSSR count). The minimum atomic E-state index is 0.0351. The molecule has 1 saturated heterocycles. The van der Waals surface area contributed by atoms with Gasteiger partial charge in [0.05, 0.1) is 12.0 Å². The molecule has 0 unspecified atom stereocenters. The van der Waals surface area contributed by atoms with Crippen LogP contribution in [-0.4, -0.2) is 36.0 Å². The van der Waals surface area contributed by atoms with E-state index < -0.39 is 0 Å². The van der Waals surface area contributed by atoms with Crippen LogP contribution in [0.15, 0.2) is 29.6 Å². The summed E-state index contributed by atoms with van der Waals surface area (Å²) in [5.74, 6) is 1.24. The molecule has 0 bridgehead atoms. The number of hydrogen-bond acceptors (Lipinski definition) is 5. The first-order valence-corrected chi connectivity index (χ1v) is 9.13. The van der Waals surface area contributed by atoms with E-state index in [1.807, 2.05) is 24.4 Å². The highest BCUT2D eigenvalue weighted by molar-refractivity contribution is 7.12. The van der Waals surface area contributed by atoms with Gasteiger partial charge < -0.3 is 9.84 Å². The third-order valence-electron chi connectivity index (χ3n) is 4.67. The van der Waals surface area contributed by atoms with Gasteiger partial charge in [-0.1, -0.05) is 6.07 Å². The number of aryl methyl sites for hydroxylation is 1. The van der Waals surface area contributed by atoms with Crippen molar-refractivity contribution >= 4 is 17.1 Å². The summed E-state index contributed by atoms with van der Waals surface area (Å²) in [5.41, 5.74) is 1.87. The van der Waals surface area contributed by atoms with Crippen molar-refractivity contribution in [3.63, 3.8) is 0 Å². The Morgan fingerprint density at radius 1 is 1.42 bits per heavy atom. The Kier molecular flexibility index (Phi) is 5.21. The fourth-order valence-electron chi connectivity index (χ4n) is 3.35. The molecule has 1 N–H and O–H groups in total. The Labute approximate surface area is 146 Å². The van der Waals surface area contributed by atoms with Crippen LogP contribution in [0.5, 0.6) is 11.5 Å². The molecule has 1 atom stereocenters. The predicted octanol–water partition coefficient (Wildman–Crippen LogP) is 3.87. The molecule has 1 aromatic heterocycles. The molecule has 0 radical (unpaired) electrons. The largest absolute Gasteiger partial charge is 0.507 e. The van der Waals surface area contributed by atoms with Crippen molar-refractivity contribution in [2.45, 2.75) is 26.3 Å². The second kappa shape index (κ2) is 7.36. The minimum Gasteiger partial charge on any atom is -0.507 e. The molecule has 0 amide bonds. The molecule has 128 valence electrons. The number of thiophene rings is 1. The number of likely N-dealkylation sites (tertiary alicyclic amines) is 1. The molecule has 2 aromatic rings. The number of phenolic OH excluding ortho intramolecular Hbond substituents is 1. The molecule has 24 heavy (non-hydrogen) atoms. The zero-order valence-corrected chi connectivity index (χ0v) is 14.9. The van der Waals surface area contributed by atoms with E-state index in [1.165, 1.54) is 11.3 Å². The van der Waals surface area contributed by atoms with E-state index in [2.05, 4.69) is 4.90 Å². The molecule has 0 saturated carbocycles. The maximum absolute atomic E-state index is 12.8. The highest BCUT2D eigenvalue weighted by Crippen LogP contribution is 2.31. The molecule has 2 heterocycles. The van der Waals surface area contributed by atoms with E-state index in [1.54, 1.807) is 19.2 Å². The maximum atomic E-state index is 12.8. The zero-order valence-electron chi connectivity index (χ0n) is 14.1. The Bertz CT molecular complexity index is 725. The summed E-state index contributed by atoms with van der Waals surface area (Å²) in [6.07, 6.45) is 1.93. The first kappa shape index (κ1) is 17.0. The summed E-state index contributed by atoms with van der Waals surface area (Å²) in [5, 5.41) is 12.1. The molecule has 1 aromatic carbocycles. The van der Waals surface area contributed by atoms with Gasteiger partial charge in [-0.05, 0) is 55.5 Å². The highest BCUT2D eigenvalue weighted by Gasteiger charge is 2.28. The van der Waals surface area contributed by atoms with Crippen LogP contribution >= 0.6 is 11.3 Å². The molecule has 0 spiro atoms. The fraction of sp³-hybridized carbons (Fsp3) is 0.421. The van der Waals surface area contributed by atoms with E-state index in [4.69, 9.17) is 4.74 Å². The third kappa shape index (κ3) is 3.47. The number of aromatic hydroxyl groups is 1. The van der Waals surface area contributed by atoms with Gasteiger partial charge in [0.15, 0.2) is 5.78 Å². The predicted molar refractivity (Wildman–Crippen MR) is 96.0 cm³/mol. The molecule has 4 nitrogen and oxygen atoms in total. The second-order valence-corrected chi connectivity index (χ2v) is 7.25. The number of carbonyl (C=O) groups excluding carboxylic acids is 1. The van der Waals surface area contributed by atoms with Crippen molar-refractivity contribution in [1.29, 1.82) is 0 Å². The Balaban J connectivity index is 1.73. The normalized spacial score (nSPS) is 18.5. The number of methoxy groups -OCH3 is 1. The summed E-state index contributed by atoms with van der Waals surface area (Å²) in [6, 6.07) is 7.32. The van der Waals surface area contributed by atoms with Crippen LogP contribution < -0.4 is 4.74 Å². The summed E-state index contributed by atoms with van der Waals surface area (Å²) < 4.78 is 5.36. The SMILES string of the molecule is COc1cccc(O)c1CN1CCC[C@@H](C(=O)c2sccc2C)C1. The van der Waals surface area contributed by atoms with Gasteiger partial charge >= 0.3 is 0 Å². The van der Waals surface area contributed by atoms with Gasteiger partial charge in [-0.2, -0.15) is 0 Å². The number of rotatable bonds is 5. The molecule has 0 aliphatic carbocycles. The minimum absolute atomic E-state index is 0.0351. The van der Waals surface area contributed by atoms with Gasteiger partial charge in [0.25, 0.3) is 0 Å². The van der Waals surface area contributed by atoms with Crippen molar-refractivity contribution in [3.05, 3.63) is 45.6 Å². The number of phenols is 1. The number of ketones is 1. The number of piperidine rings is 1. The molecular weight excluding hydrogens is 322 g/mol. The van der Waals surface area contributed by atoms with Gasteiger partial charge in [0, 0.05) is 24.6 Å². The fourth-order valence-corrected chi connectivity index (χ4v) is 4.30. The topological polar surface area (TPSA) is 49.8 Å². The quantitative estimate of drug-likeness (QED) is 0.836. The van der Waals surface area contributed by atoms with Crippen LogP contribution in [0.1, 0.15) is 33.6 Å². The van der Waals surface area contributed by atoms with Gasteiger partial charge in [-0.15, -0.1) is 11.3 Å². The molecule has 5 heteroatoms. The van der Waals surface area contributed by atoms with Crippen LogP contribution in [0.3, 0.4) is 0 Å². The lowest BCUT2D eigenvalue weighted by Gasteiger charge is -2.32. The van der Waals surface area contributed by atoms with Crippen molar-refractivity contribution in [2.75, 3.05) is 20.2 Å². The van der Waals surface area contributed by atoms with E-state index in [0.717, 1.165) is 41.9 Å². The van der Waals surface area contributed by atoms with Crippen molar-refractivity contribution in [3.8, 4) is 11.5 Å². The van der Waals surface area contributed by atoms with Gasteiger partial charge in [-0.3, -0.25) is 9.69 Å². The van der Waals surface area contributed by atoms with Crippen LogP contribution in [0, 0.1) is 12.8 Å². The number of nitrogens with zero attached hydrogens (tertiary/aromatic N) is 1. The number of ether oxygens (including phenoxy) is 1. The second-order valence-electron chi connectivity index (χ2n) is 6.33. The molecular formula is C19H23NO3S. The first-order chi connectivity index (χ1) is 11.6. The Morgan fingerprint density at radius 2 is 2.25 bits per heavy atom. The molecule has 1 fully saturated rings. The number of benzene rings is 1. The van der Waals surface area contributed by atoms with Crippen molar-refractivity contribution in [2.24, 2.45) is 5.92 Å². The van der Waals surface area contributed by atoms with E-state index in [-0.39, 0.29) is 17.5 Å². The average molecular weight is 345 g/mol. The van der Waals surface area contributed by atoms with Crippen LogP contribution in [0.4, 0.5) is 0 Å². The van der Waals surface area contributed by atoms with Gasteiger partial charge in [0.2, 0.25) is 0 Å². The summed E-state index contributed by atoms with van der Waals surface area (Å²) >= 11 is 1.54. The van der Waals surface area contributed by atoms with Crippen LogP contribution in [0.25, 0.3) is 0 Å². The van der Waals surface area contributed by atoms with Crippen LogP contribution in [0.2, 0.25) is 0 Å². The molecule has 1 aliphatic rings. The van der Waals surface area contributed by atoms with Gasteiger partial charge in [-0.25, -0.2) is 0 Å². The standard InChI is InChI=1S/C19H23NO3S/c1-13-8-10-24-19(13)18(22)14-5-4-9-20(11-14)12-15-16(21)6-3-7-17(15)23-2/h3,6-8,10,14,21H,4-5,9,11-12H2,1-2H3/t14-/m1/s1. The summed E-state index contributed by atoms with van der Waals surface area (Å²) in [6.45, 7) is 4.26. The van der Waals surface area contributed by atoms with Gasteiger partial charge in [0.1, 0.15) is 11.5 Å². The highest BCUT2D eigenvalue weighted by atomic mass is 32.1. The Morgan fingerprint density at radius 3 is 2.96 bits per heavy atom. The Hall–Kier alpha value is -1.85. The van der Waals surface area contributed by atoms with Crippen molar-refractivity contribution < 1.29 is 14.6 Å². The number of Topliss-reactive ketones (excluding diaryl/α,β-unsaturated/α-hetero) is 1. The molecule has 1 aliphatic heterocycles. The number of hydrogen-bond donors (Lipinski definition) is 1. The smallest absolute Gasteiger partial charge is 0.177 e. The van der Waals surface area contributed by atoms with Crippen molar-refractivity contribution in [1.82, 2.24) is 4.90 Å². The van der Waals surface area contributed by atoms with E-state index >= 15 is 0 Å². The lowest BCUT2D eigenvalue weighted by atomic mass is 9.91. The maximum Gasteiger partial charge on any atom is 0.177 e. The van der Waals surface area contributed by atoms with Crippen LogP contribution in [-0.2, 0) is 6.54 Å². The number of carbonyl (C=O) groups is 1. The summed E-state index contributed by atoms with van der Waals surface area (Å²) in [4.78, 5) is 15.9. The van der Waals surface area contributed by atoms with E-state index in [9.17, 15) is 9.90 Å². The first-order valence-electron chi connectivity index (χ1n) is 8.25. The third-order valence-corrected chi connectivity index (χ3v) is 5.70. The summed E-state index contributed by atoms with van der Waals surface area (Å²) in [7, 11) is 1.61. The monoisotopic (exact) mass is 345 g/mol. The lowest BCUT2D eigenvalue weighted by Crippen LogP contribution is -2.38.